The van der Waals surface area contributed by atoms with Gasteiger partial charge in [-0.15, -0.1) is 12.4 Å². The number of halogens is 1. The Kier molecular flexibility index (Phi) is 6.66. The summed E-state index contributed by atoms with van der Waals surface area (Å²) in [6.45, 7) is 8.83. The van der Waals surface area contributed by atoms with Gasteiger partial charge in [0.15, 0.2) is 0 Å². The van der Waals surface area contributed by atoms with Gasteiger partial charge in [0.2, 0.25) is 5.91 Å². The van der Waals surface area contributed by atoms with Crippen LogP contribution in [0.2, 0.25) is 0 Å². The van der Waals surface area contributed by atoms with Gasteiger partial charge in [-0.1, -0.05) is 26.7 Å². The molecule has 0 aliphatic heterocycles. The molecular weight excluding hydrogens is 248 g/mol. The molecule has 18 heavy (non-hydrogen) atoms. The Morgan fingerprint density at radius 2 is 1.83 bits per heavy atom. The van der Waals surface area contributed by atoms with Crippen molar-refractivity contribution in [1.82, 2.24) is 5.32 Å². The summed E-state index contributed by atoms with van der Waals surface area (Å²) in [5, 5.41) is 3.05. The van der Waals surface area contributed by atoms with E-state index in [1.807, 2.05) is 13.8 Å². The molecule has 1 rings (SSSR count). The van der Waals surface area contributed by atoms with E-state index < -0.39 is 0 Å². The minimum atomic E-state index is -0.326. The lowest BCUT2D eigenvalue weighted by atomic mass is 9.77. The Hall–Kier alpha value is -0.280. The van der Waals surface area contributed by atoms with E-state index in [1.54, 1.807) is 0 Å². The van der Waals surface area contributed by atoms with Crippen molar-refractivity contribution < 1.29 is 4.79 Å². The van der Waals surface area contributed by atoms with E-state index in [-0.39, 0.29) is 29.3 Å². The first-order chi connectivity index (χ1) is 7.75. The molecule has 0 unspecified atom stereocenters. The maximum atomic E-state index is 12.4. The third kappa shape index (κ3) is 5.15. The normalized spacial score (nSPS) is 18.6. The smallest absolute Gasteiger partial charge is 0.226 e. The van der Waals surface area contributed by atoms with Gasteiger partial charge in [0, 0.05) is 17.5 Å². The molecule has 0 atom stereocenters. The quantitative estimate of drug-likeness (QED) is 0.811. The first kappa shape index (κ1) is 17.7. The van der Waals surface area contributed by atoms with Crippen molar-refractivity contribution in [2.45, 2.75) is 65.3 Å². The van der Waals surface area contributed by atoms with Crippen LogP contribution in [0.4, 0.5) is 0 Å². The third-order valence-corrected chi connectivity index (χ3v) is 3.55. The summed E-state index contributed by atoms with van der Waals surface area (Å²) in [6.07, 6.45) is 5.46. The molecule has 4 heteroatoms. The highest BCUT2D eigenvalue weighted by Gasteiger charge is 2.41. The van der Waals surface area contributed by atoms with E-state index in [1.165, 1.54) is 12.8 Å². The second-order valence-corrected chi connectivity index (χ2v) is 6.76. The van der Waals surface area contributed by atoms with Gasteiger partial charge >= 0.3 is 0 Å². The first-order valence-corrected chi connectivity index (χ1v) is 6.82. The number of nitrogens with one attached hydrogen (secondary N) is 1. The van der Waals surface area contributed by atoms with Gasteiger partial charge in [-0.25, -0.2) is 0 Å². The maximum Gasteiger partial charge on any atom is 0.226 e. The van der Waals surface area contributed by atoms with Gasteiger partial charge in [0.05, 0.1) is 0 Å². The van der Waals surface area contributed by atoms with Crippen molar-refractivity contribution in [3.8, 4) is 0 Å². The van der Waals surface area contributed by atoms with Crippen molar-refractivity contribution in [3.05, 3.63) is 0 Å². The SMILES string of the molecule is CC(C)CC1(C(=O)NCC(C)(C)N)CCCC1.Cl. The lowest BCUT2D eigenvalue weighted by Crippen LogP contribution is -2.49. The maximum absolute atomic E-state index is 12.4. The van der Waals surface area contributed by atoms with Crippen LogP contribution < -0.4 is 11.1 Å². The Balaban J connectivity index is 0.00000289. The molecule has 1 saturated carbocycles. The average molecular weight is 277 g/mol. The number of amides is 1. The molecule has 1 fully saturated rings. The summed E-state index contributed by atoms with van der Waals surface area (Å²) < 4.78 is 0. The molecule has 0 aromatic carbocycles. The van der Waals surface area contributed by atoms with E-state index >= 15 is 0 Å². The fraction of sp³-hybridized carbons (Fsp3) is 0.929. The summed E-state index contributed by atoms with van der Waals surface area (Å²) in [5.41, 5.74) is 5.47. The molecule has 0 aromatic rings. The second-order valence-electron chi connectivity index (χ2n) is 6.76. The van der Waals surface area contributed by atoms with Gasteiger partial charge in [0.1, 0.15) is 0 Å². The minimum Gasteiger partial charge on any atom is -0.354 e. The van der Waals surface area contributed by atoms with Gasteiger partial charge < -0.3 is 11.1 Å². The molecule has 0 heterocycles. The van der Waals surface area contributed by atoms with E-state index in [4.69, 9.17) is 5.73 Å². The van der Waals surface area contributed by atoms with E-state index in [0.29, 0.717) is 12.5 Å². The van der Waals surface area contributed by atoms with Crippen molar-refractivity contribution >= 4 is 18.3 Å². The molecule has 1 aliphatic carbocycles. The summed E-state index contributed by atoms with van der Waals surface area (Å²) >= 11 is 0. The van der Waals surface area contributed by atoms with Crippen LogP contribution in [0.5, 0.6) is 0 Å². The van der Waals surface area contributed by atoms with Crippen molar-refractivity contribution in [3.63, 3.8) is 0 Å². The molecule has 0 bridgehead atoms. The van der Waals surface area contributed by atoms with Crippen molar-refractivity contribution in [2.24, 2.45) is 17.1 Å². The number of carbonyl (C=O) groups excluding carboxylic acids is 1. The fourth-order valence-electron chi connectivity index (χ4n) is 2.85. The third-order valence-electron chi connectivity index (χ3n) is 3.55. The summed E-state index contributed by atoms with van der Waals surface area (Å²) in [4.78, 5) is 12.4. The Bertz CT molecular complexity index is 265. The van der Waals surface area contributed by atoms with Crippen LogP contribution in [0, 0.1) is 11.3 Å². The molecule has 0 aromatic heterocycles. The number of rotatable bonds is 5. The number of hydrogen-bond donors (Lipinski definition) is 2. The van der Waals surface area contributed by atoms with Crippen LogP contribution in [0.15, 0.2) is 0 Å². The monoisotopic (exact) mass is 276 g/mol. The lowest BCUT2D eigenvalue weighted by Gasteiger charge is -2.31. The molecule has 3 N–H and O–H groups in total. The molecule has 0 radical (unpaired) electrons. The van der Waals surface area contributed by atoms with Crippen LogP contribution >= 0.6 is 12.4 Å². The predicted octanol–water partition coefficient (Wildman–Crippen LogP) is 2.87. The van der Waals surface area contributed by atoms with Gasteiger partial charge in [-0.2, -0.15) is 0 Å². The molecule has 1 amide bonds. The molecule has 108 valence electrons. The van der Waals surface area contributed by atoms with Crippen LogP contribution in [0.25, 0.3) is 0 Å². The fourth-order valence-corrected chi connectivity index (χ4v) is 2.85. The van der Waals surface area contributed by atoms with E-state index in [0.717, 1.165) is 19.3 Å². The predicted molar refractivity (Wildman–Crippen MR) is 78.9 cm³/mol. The zero-order chi connectivity index (χ0) is 13.1. The van der Waals surface area contributed by atoms with Crippen molar-refractivity contribution in [1.29, 1.82) is 0 Å². The van der Waals surface area contributed by atoms with Crippen molar-refractivity contribution in [2.75, 3.05) is 6.54 Å². The first-order valence-electron chi connectivity index (χ1n) is 6.82. The van der Waals surface area contributed by atoms with Crippen LogP contribution in [-0.2, 0) is 4.79 Å². The topological polar surface area (TPSA) is 55.1 Å². The van der Waals surface area contributed by atoms with Crippen LogP contribution in [0.1, 0.15) is 59.8 Å². The molecule has 3 nitrogen and oxygen atoms in total. The Morgan fingerprint density at radius 3 is 2.22 bits per heavy atom. The number of carbonyl (C=O) groups is 1. The molecular formula is C14H29ClN2O. The highest BCUT2D eigenvalue weighted by molar-refractivity contribution is 5.85. The number of hydrogen-bond acceptors (Lipinski definition) is 2. The summed E-state index contributed by atoms with van der Waals surface area (Å²) in [7, 11) is 0. The minimum absolute atomic E-state index is 0. The van der Waals surface area contributed by atoms with Crippen LogP contribution in [-0.4, -0.2) is 18.0 Å². The average Bonchev–Trinajstić information content (AvgIpc) is 2.61. The lowest BCUT2D eigenvalue weighted by molar-refractivity contribution is -0.132. The van der Waals surface area contributed by atoms with Gasteiger partial charge in [0.25, 0.3) is 0 Å². The molecule has 1 aliphatic rings. The summed E-state index contributed by atoms with van der Waals surface area (Å²) in [6, 6.07) is 0. The standard InChI is InChI=1S/C14H28N2O.ClH/c1-11(2)9-14(7-5-6-8-14)12(17)16-10-13(3,4)15;/h11H,5-10,15H2,1-4H3,(H,16,17);1H. The van der Waals surface area contributed by atoms with Crippen LogP contribution in [0.3, 0.4) is 0 Å². The van der Waals surface area contributed by atoms with E-state index in [9.17, 15) is 4.79 Å². The van der Waals surface area contributed by atoms with Gasteiger partial charge in [-0.05, 0) is 39.0 Å². The summed E-state index contributed by atoms with van der Waals surface area (Å²) in [5.74, 6) is 0.798. The van der Waals surface area contributed by atoms with E-state index in [2.05, 4.69) is 19.2 Å². The zero-order valence-electron chi connectivity index (χ0n) is 12.2. The molecule has 0 spiro atoms. The second kappa shape index (κ2) is 6.76. The highest BCUT2D eigenvalue weighted by Crippen LogP contribution is 2.43. The Labute approximate surface area is 118 Å². The molecule has 0 saturated heterocycles. The largest absolute Gasteiger partial charge is 0.354 e. The highest BCUT2D eigenvalue weighted by atomic mass is 35.5. The number of nitrogens with two attached hydrogens (primary N) is 1. The zero-order valence-corrected chi connectivity index (χ0v) is 13.0. The van der Waals surface area contributed by atoms with Gasteiger partial charge in [-0.3, -0.25) is 4.79 Å². The Morgan fingerprint density at radius 1 is 1.33 bits per heavy atom.